The first-order valence-corrected chi connectivity index (χ1v) is 11.5. The molecule has 2 aromatic rings. The molecule has 2 aromatic carbocycles. The standard InChI is InChI=1S/C26H30N2O6/c1-33-15-22(24(31)27-16-26(11-6-12-26)13-23(29)30)28-25(32)34-14-21-19-9-4-2-7-17(19)18-8-3-5-10-20(18)21/h2-5,7-10,21-22H,6,11-16H2,1H3,(H,27,31)(H,28,32)(H,29,30)/t22-/m0/s1. The molecule has 3 N–H and O–H groups in total. The van der Waals surface area contributed by atoms with Crippen LogP contribution >= 0.6 is 0 Å². The number of fused-ring (bicyclic) bond motifs is 3. The average Bonchev–Trinajstić information content (AvgIpc) is 3.12. The number of carbonyl (C=O) groups is 3. The highest BCUT2D eigenvalue weighted by molar-refractivity contribution is 5.86. The zero-order chi connectivity index (χ0) is 24.1. The summed E-state index contributed by atoms with van der Waals surface area (Å²) in [6, 6.07) is 15.2. The molecule has 0 bridgehead atoms. The summed E-state index contributed by atoms with van der Waals surface area (Å²) in [5.74, 6) is -1.38. The maximum atomic E-state index is 12.7. The minimum Gasteiger partial charge on any atom is -0.481 e. The molecule has 0 aliphatic heterocycles. The van der Waals surface area contributed by atoms with Gasteiger partial charge in [0.2, 0.25) is 5.91 Å². The number of methoxy groups -OCH3 is 1. The van der Waals surface area contributed by atoms with Gasteiger partial charge in [-0.1, -0.05) is 55.0 Å². The molecule has 0 heterocycles. The van der Waals surface area contributed by atoms with E-state index in [1.807, 2.05) is 36.4 Å². The van der Waals surface area contributed by atoms with Crippen molar-refractivity contribution < 1.29 is 29.0 Å². The van der Waals surface area contributed by atoms with E-state index < -0.39 is 29.4 Å². The Morgan fingerprint density at radius 3 is 2.21 bits per heavy atom. The Morgan fingerprint density at radius 1 is 1.06 bits per heavy atom. The normalized spacial score (nSPS) is 16.5. The Morgan fingerprint density at radius 2 is 1.68 bits per heavy atom. The van der Waals surface area contributed by atoms with Crippen LogP contribution in [0.15, 0.2) is 48.5 Å². The van der Waals surface area contributed by atoms with Crippen molar-refractivity contribution in [3.05, 3.63) is 59.7 Å². The van der Waals surface area contributed by atoms with Crippen LogP contribution < -0.4 is 10.6 Å². The first-order chi connectivity index (χ1) is 16.4. The van der Waals surface area contributed by atoms with Gasteiger partial charge in [-0.2, -0.15) is 0 Å². The van der Waals surface area contributed by atoms with E-state index >= 15 is 0 Å². The monoisotopic (exact) mass is 466 g/mol. The molecule has 180 valence electrons. The van der Waals surface area contributed by atoms with E-state index in [4.69, 9.17) is 14.6 Å². The van der Waals surface area contributed by atoms with Crippen LogP contribution in [0.3, 0.4) is 0 Å². The smallest absolute Gasteiger partial charge is 0.407 e. The van der Waals surface area contributed by atoms with Gasteiger partial charge in [0.05, 0.1) is 13.0 Å². The van der Waals surface area contributed by atoms with E-state index in [-0.39, 0.29) is 32.1 Å². The van der Waals surface area contributed by atoms with Gasteiger partial charge in [0.15, 0.2) is 0 Å². The average molecular weight is 467 g/mol. The molecular formula is C26H30N2O6. The van der Waals surface area contributed by atoms with Crippen molar-refractivity contribution >= 4 is 18.0 Å². The molecule has 2 amide bonds. The van der Waals surface area contributed by atoms with Crippen molar-refractivity contribution in [2.45, 2.75) is 37.6 Å². The highest BCUT2D eigenvalue weighted by atomic mass is 16.5. The number of hydrogen-bond donors (Lipinski definition) is 3. The third-order valence-electron chi connectivity index (χ3n) is 6.86. The highest BCUT2D eigenvalue weighted by Crippen LogP contribution is 2.45. The molecule has 2 aliphatic carbocycles. The van der Waals surface area contributed by atoms with Gasteiger partial charge in [-0.05, 0) is 40.5 Å². The molecule has 1 atom stereocenters. The summed E-state index contributed by atoms with van der Waals surface area (Å²) < 4.78 is 10.6. The summed E-state index contributed by atoms with van der Waals surface area (Å²) in [6.07, 6.45) is 1.77. The van der Waals surface area contributed by atoms with Crippen LogP contribution in [-0.4, -0.2) is 56.0 Å². The number of rotatable bonds is 10. The van der Waals surface area contributed by atoms with E-state index in [1.54, 1.807) is 0 Å². The Kier molecular flexibility index (Phi) is 7.17. The molecule has 8 heteroatoms. The summed E-state index contributed by atoms with van der Waals surface area (Å²) in [6.45, 7) is 0.371. The first-order valence-electron chi connectivity index (χ1n) is 11.5. The maximum Gasteiger partial charge on any atom is 0.407 e. The van der Waals surface area contributed by atoms with Crippen LogP contribution in [0, 0.1) is 5.41 Å². The third-order valence-corrected chi connectivity index (χ3v) is 6.86. The van der Waals surface area contributed by atoms with E-state index in [2.05, 4.69) is 22.8 Å². The van der Waals surface area contributed by atoms with Crippen molar-refractivity contribution in [3.8, 4) is 11.1 Å². The molecule has 1 saturated carbocycles. The summed E-state index contributed by atoms with van der Waals surface area (Å²) in [4.78, 5) is 36.5. The van der Waals surface area contributed by atoms with Gasteiger partial charge in [-0.15, -0.1) is 0 Å². The van der Waals surface area contributed by atoms with Gasteiger partial charge in [-0.3, -0.25) is 9.59 Å². The Labute approximate surface area is 198 Å². The molecule has 0 unspecified atom stereocenters. The van der Waals surface area contributed by atoms with Crippen molar-refractivity contribution in [3.63, 3.8) is 0 Å². The molecule has 0 aromatic heterocycles. The van der Waals surface area contributed by atoms with Crippen LogP contribution in [-0.2, 0) is 19.1 Å². The number of aliphatic carboxylic acids is 1. The molecule has 4 rings (SSSR count). The lowest BCUT2D eigenvalue weighted by Gasteiger charge is -2.41. The predicted octanol–water partition coefficient (Wildman–Crippen LogP) is 3.30. The second kappa shape index (κ2) is 10.3. The number of carboxylic acid groups (broad SMARTS) is 1. The van der Waals surface area contributed by atoms with E-state index in [0.717, 1.165) is 41.5 Å². The number of alkyl carbamates (subject to hydrolysis) is 1. The first kappa shape index (κ1) is 23.8. The van der Waals surface area contributed by atoms with Crippen LogP contribution in [0.4, 0.5) is 4.79 Å². The van der Waals surface area contributed by atoms with Gasteiger partial charge >= 0.3 is 12.1 Å². The largest absolute Gasteiger partial charge is 0.481 e. The maximum absolute atomic E-state index is 12.7. The zero-order valence-electron chi connectivity index (χ0n) is 19.2. The number of benzene rings is 2. The minimum atomic E-state index is -0.942. The molecule has 0 radical (unpaired) electrons. The van der Waals surface area contributed by atoms with E-state index in [9.17, 15) is 14.4 Å². The number of nitrogens with one attached hydrogen (secondary N) is 2. The highest BCUT2D eigenvalue weighted by Gasteiger charge is 2.39. The fourth-order valence-electron chi connectivity index (χ4n) is 4.94. The lowest BCUT2D eigenvalue weighted by atomic mass is 9.66. The van der Waals surface area contributed by atoms with Crippen LogP contribution in [0.2, 0.25) is 0 Å². The van der Waals surface area contributed by atoms with Crippen molar-refractivity contribution in [2.75, 3.05) is 26.9 Å². The van der Waals surface area contributed by atoms with Crippen LogP contribution in [0.1, 0.15) is 42.7 Å². The minimum absolute atomic E-state index is 0.0159. The van der Waals surface area contributed by atoms with E-state index in [0.29, 0.717) is 0 Å². The number of carboxylic acids is 1. The fourth-order valence-corrected chi connectivity index (χ4v) is 4.94. The summed E-state index contributed by atoms with van der Waals surface area (Å²) >= 11 is 0. The summed E-state index contributed by atoms with van der Waals surface area (Å²) in [5, 5.41) is 14.5. The molecule has 8 nitrogen and oxygen atoms in total. The SMILES string of the molecule is COC[C@H](NC(=O)OCC1c2ccccc2-c2ccccc21)C(=O)NCC1(CC(=O)O)CCC1. The van der Waals surface area contributed by atoms with Gasteiger partial charge in [-0.25, -0.2) is 4.79 Å². The number of ether oxygens (including phenoxy) is 2. The molecule has 2 aliphatic rings. The van der Waals surface area contributed by atoms with Gasteiger partial charge in [0.1, 0.15) is 12.6 Å². The molecule has 0 spiro atoms. The number of carbonyl (C=O) groups excluding carboxylic acids is 2. The molecule has 34 heavy (non-hydrogen) atoms. The molecule has 1 fully saturated rings. The quantitative estimate of drug-likeness (QED) is 0.495. The van der Waals surface area contributed by atoms with E-state index in [1.165, 1.54) is 7.11 Å². The molecular weight excluding hydrogens is 436 g/mol. The Hall–Kier alpha value is -3.39. The topological polar surface area (TPSA) is 114 Å². The van der Waals surface area contributed by atoms with Crippen LogP contribution in [0.5, 0.6) is 0 Å². The predicted molar refractivity (Wildman–Crippen MR) is 125 cm³/mol. The third kappa shape index (κ3) is 5.07. The Balaban J connectivity index is 1.34. The van der Waals surface area contributed by atoms with Crippen LogP contribution in [0.25, 0.3) is 11.1 Å². The second-order valence-corrected chi connectivity index (χ2v) is 9.12. The van der Waals surface area contributed by atoms with Crippen molar-refractivity contribution in [1.29, 1.82) is 0 Å². The van der Waals surface area contributed by atoms with Gasteiger partial charge in [0.25, 0.3) is 0 Å². The number of amides is 2. The summed E-state index contributed by atoms with van der Waals surface area (Å²) in [5.41, 5.74) is 4.06. The lowest BCUT2D eigenvalue weighted by molar-refractivity contribution is -0.142. The van der Waals surface area contributed by atoms with Gasteiger partial charge in [0, 0.05) is 19.6 Å². The second-order valence-electron chi connectivity index (χ2n) is 9.12. The fraction of sp³-hybridized carbons (Fsp3) is 0.423. The lowest BCUT2D eigenvalue weighted by Crippen LogP contribution is -2.52. The van der Waals surface area contributed by atoms with Gasteiger partial charge < -0.3 is 25.2 Å². The number of hydrogen-bond acceptors (Lipinski definition) is 5. The zero-order valence-corrected chi connectivity index (χ0v) is 19.2. The van der Waals surface area contributed by atoms with Crippen molar-refractivity contribution in [2.24, 2.45) is 5.41 Å². The summed E-state index contributed by atoms with van der Waals surface area (Å²) in [7, 11) is 1.44. The molecule has 0 saturated heterocycles. The van der Waals surface area contributed by atoms with Crippen molar-refractivity contribution in [1.82, 2.24) is 10.6 Å². The Bertz CT molecular complexity index is 1020.